The van der Waals surface area contributed by atoms with Crippen molar-refractivity contribution in [2.75, 3.05) is 6.61 Å². The van der Waals surface area contributed by atoms with Crippen LogP contribution in [0, 0.1) is 6.92 Å². The Hall–Kier alpha value is -0.860. The molecule has 0 fully saturated rings. The minimum atomic E-state index is 0.167. The summed E-state index contributed by atoms with van der Waals surface area (Å²) in [4.78, 5) is 0. The molecular weight excluding hydrogens is 162 g/mol. The predicted molar refractivity (Wildman–Crippen MR) is 54.6 cm³/mol. The monoisotopic (exact) mass is 179 g/mol. The van der Waals surface area contributed by atoms with Crippen LogP contribution in [0.2, 0.25) is 0 Å². The van der Waals surface area contributed by atoms with Crippen LogP contribution in [-0.2, 0) is 6.54 Å². The third-order valence-corrected chi connectivity index (χ3v) is 2.01. The highest BCUT2D eigenvalue weighted by molar-refractivity contribution is 5.21. The van der Waals surface area contributed by atoms with Crippen molar-refractivity contribution in [1.29, 1.82) is 0 Å². The molecule has 0 aliphatic carbocycles. The van der Waals surface area contributed by atoms with Gasteiger partial charge in [0, 0.05) is 12.6 Å². The molecule has 1 rings (SSSR count). The largest absolute Gasteiger partial charge is 0.395 e. The van der Waals surface area contributed by atoms with Crippen molar-refractivity contribution < 1.29 is 5.11 Å². The highest BCUT2D eigenvalue weighted by Gasteiger charge is 1.98. The molecule has 0 bridgehead atoms. The number of aliphatic hydroxyl groups excluding tert-OH is 1. The maximum absolute atomic E-state index is 8.80. The summed E-state index contributed by atoms with van der Waals surface area (Å²) in [7, 11) is 0. The van der Waals surface area contributed by atoms with E-state index in [0.29, 0.717) is 0 Å². The van der Waals surface area contributed by atoms with Crippen LogP contribution in [0.15, 0.2) is 24.3 Å². The lowest BCUT2D eigenvalue weighted by Gasteiger charge is -2.10. The molecule has 0 amide bonds. The first kappa shape index (κ1) is 10.2. The van der Waals surface area contributed by atoms with E-state index in [1.54, 1.807) is 0 Å². The van der Waals surface area contributed by atoms with Crippen molar-refractivity contribution in [3.05, 3.63) is 35.4 Å². The zero-order valence-electron chi connectivity index (χ0n) is 8.25. The summed E-state index contributed by atoms with van der Waals surface area (Å²) < 4.78 is 0. The van der Waals surface area contributed by atoms with Gasteiger partial charge in [-0.2, -0.15) is 0 Å². The summed E-state index contributed by atoms with van der Waals surface area (Å²) in [5, 5.41) is 12.0. The first-order valence-corrected chi connectivity index (χ1v) is 4.62. The van der Waals surface area contributed by atoms with Gasteiger partial charge < -0.3 is 10.4 Å². The van der Waals surface area contributed by atoms with Gasteiger partial charge in [0.2, 0.25) is 0 Å². The summed E-state index contributed by atoms with van der Waals surface area (Å²) >= 11 is 0. The number of aryl methyl sites for hydroxylation is 1. The average molecular weight is 179 g/mol. The van der Waals surface area contributed by atoms with Crippen molar-refractivity contribution in [3.63, 3.8) is 0 Å². The Bertz CT molecular complexity index is 260. The van der Waals surface area contributed by atoms with E-state index in [9.17, 15) is 0 Å². The van der Waals surface area contributed by atoms with Gasteiger partial charge in [0.25, 0.3) is 0 Å². The fraction of sp³-hybridized carbons (Fsp3) is 0.455. The van der Waals surface area contributed by atoms with Gasteiger partial charge in [-0.3, -0.25) is 0 Å². The van der Waals surface area contributed by atoms with Gasteiger partial charge in [0.05, 0.1) is 6.61 Å². The molecule has 0 aliphatic heterocycles. The zero-order valence-corrected chi connectivity index (χ0v) is 8.25. The van der Waals surface area contributed by atoms with Crippen molar-refractivity contribution in [1.82, 2.24) is 5.32 Å². The second-order valence-electron chi connectivity index (χ2n) is 3.45. The van der Waals surface area contributed by atoms with E-state index >= 15 is 0 Å². The Kier molecular flexibility index (Phi) is 3.93. The van der Waals surface area contributed by atoms with Crippen LogP contribution in [0.4, 0.5) is 0 Å². The number of aliphatic hydroxyl groups is 1. The molecule has 2 heteroatoms. The van der Waals surface area contributed by atoms with Crippen LogP contribution < -0.4 is 5.32 Å². The minimum Gasteiger partial charge on any atom is -0.395 e. The van der Waals surface area contributed by atoms with Gasteiger partial charge in [-0.15, -0.1) is 0 Å². The summed E-state index contributed by atoms with van der Waals surface area (Å²) in [6.07, 6.45) is 0. The maximum atomic E-state index is 8.80. The molecule has 0 saturated heterocycles. The molecule has 2 nitrogen and oxygen atoms in total. The van der Waals surface area contributed by atoms with E-state index in [2.05, 4.69) is 36.5 Å². The summed E-state index contributed by atoms with van der Waals surface area (Å²) in [6, 6.07) is 8.54. The number of hydrogen-bond acceptors (Lipinski definition) is 2. The third-order valence-electron chi connectivity index (χ3n) is 2.01. The van der Waals surface area contributed by atoms with E-state index in [1.807, 2.05) is 6.92 Å². The fourth-order valence-corrected chi connectivity index (χ4v) is 1.18. The molecule has 1 aromatic carbocycles. The Morgan fingerprint density at radius 1 is 1.46 bits per heavy atom. The highest BCUT2D eigenvalue weighted by Crippen LogP contribution is 2.03. The number of hydrogen-bond donors (Lipinski definition) is 2. The van der Waals surface area contributed by atoms with Crippen LogP contribution in [0.3, 0.4) is 0 Å². The summed E-state index contributed by atoms with van der Waals surface area (Å²) in [6.45, 7) is 5.06. The van der Waals surface area contributed by atoms with E-state index < -0.39 is 0 Å². The van der Waals surface area contributed by atoms with E-state index in [1.165, 1.54) is 11.1 Å². The summed E-state index contributed by atoms with van der Waals surface area (Å²) in [5.74, 6) is 0. The molecule has 2 N–H and O–H groups in total. The van der Waals surface area contributed by atoms with Gasteiger partial charge in [0.15, 0.2) is 0 Å². The number of benzene rings is 1. The Morgan fingerprint density at radius 2 is 2.23 bits per heavy atom. The van der Waals surface area contributed by atoms with Crippen LogP contribution in [-0.4, -0.2) is 17.8 Å². The molecule has 0 aliphatic rings. The first-order chi connectivity index (χ1) is 6.22. The molecule has 13 heavy (non-hydrogen) atoms. The van der Waals surface area contributed by atoms with Crippen molar-refractivity contribution in [2.24, 2.45) is 0 Å². The lowest BCUT2D eigenvalue weighted by Crippen LogP contribution is -2.28. The van der Waals surface area contributed by atoms with Crippen molar-refractivity contribution >= 4 is 0 Å². The fourth-order valence-electron chi connectivity index (χ4n) is 1.18. The molecule has 0 unspecified atom stereocenters. The van der Waals surface area contributed by atoms with E-state index in [0.717, 1.165) is 6.54 Å². The SMILES string of the molecule is Cc1cccc(CN[C@H](C)CO)c1. The minimum absolute atomic E-state index is 0.167. The van der Waals surface area contributed by atoms with Gasteiger partial charge in [-0.1, -0.05) is 29.8 Å². The zero-order chi connectivity index (χ0) is 9.68. The van der Waals surface area contributed by atoms with Gasteiger partial charge >= 0.3 is 0 Å². The van der Waals surface area contributed by atoms with Crippen LogP contribution >= 0.6 is 0 Å². The average Bonchev–Trinajstić information content (AvgIpc) is 2.14. The van der Waals surface area contributed by atoms with E-state index in [-0.39, 0.29) is 12.6 Å². The standard InChI is InChI=1S/C11H17NO/c1-9-4-3-5-11(6-9)7-12-10(2)8-13/h3-6,10,12-13H,7-8H2,1-2H3/t10-/m1/s1. The van der Waals surface area contributed by atoms with E-state index in [4.69, 9.17) is 5.11 Å². The first-order valence-electron chi connectivity index (χ1n) is 4.62. The molecule has 0 heterocycles. The molecule has 1 aromatic rings. The third kappa shape index (κ3) is 3.57. The van der Waals surface area contributed by atoms with Crippen molar-refractivity contribution in [2.45, 2.75) is 26.4 Å². The van der Waals surface area contributed by atoms with Crippen molar-refractivity contribution in [3.8, 4) is 0 Å². The predicted octanol–water partition coefficient (Wildman–Crippen LogP) is 1.47. The molecule has 72 valence electrons. The normalized spacial score (nSPS) is 12.8. The van der Waals surface area contributed by atoms with Crippen LogP contribution in [0.25, 0.3) is 0 Å². The topological polar surface area (TPSA) is 32.3 Å². The highest BCUT2D eigenvalue weighted by atomic mass is 16.3. The Balaban J connectivity index is 2.45. The Morgan fingerprint density at radius 3 is 2.85 bits per heavy atom. The lowest BCUT2D eigenvalue weighted by molar-refractivity contribution is 0.251. The molecule has 1 atom stereocenters. The van der Waals surface area contributed by atoms with Gasteiger partial charge in [0.1, 0.15) is 0 Å². The Labute approximate surface area is 79.6 Å². The maximum Gasteiger partial charge on any atom is 0.0582 e. The lowest BCUT2D eigenvalue weighted by atomic mass is 10.1. The molecule has 0 saturated carbocycles. The number of nitrogens with one attached hydrogen (secondary N) is 1. The van der Waals surface area contributed by atoms with Crippen LogP contribution in [0.5, 0.6) is 0 Å². The summed E-state index contributed by atoms with van der Waals surface area (Å²) in [5.41, 5.74) is 2.54. The quantitative estimate of drug-likeness (QED) is 0.733. The molecule has 0 aromatic heterocycles. The van der Waals surface area contributed by atoms with Gasteiger partial charge in [-0.25, -0.2) is 0 Å². The van der Waals surface area contributed by atoms with Crippen LogP contribution in [0.1, 0.15) is 18.1 Å². The molecular formula is C11H17NO. The smallest absolute Gasteiger partial charge is 0.0582 e. The second-order valence-corrected chi connectivity index (χ2v) is 3.45. The molecule has 0 radical (unpaired) electrons. The van der Waals surface area contributed by atoms with Gasteiger partial charge in [-0.05, 0) is 19.4 Å². The number of rotatable bonds is 4. The second kappa shape index (κ2) is 5.00. The molecule has 0 spiro atoms.